The Morgan fingerprint density at radius 1 is 0.875 bits per heavy atom. The molecule has 2 aromatic rings. The molecule has 0 aromatic heterocycles. The number of para-hydroxylation sites is 1. The first-order valence-electron chi connectivity index (χ1n) is 5.16. The van der Waals surface area contributed by atoms with Gasteiger partial charge in [0.15, 0.2) is 0 Å². The van der Waals surface area contributed by atoms with Crippen molar-refractivity contribution in [2.75, 3.05) is 0 Å². The normalized spacial score (nSPS) is 10.2. The van der Waals surface area contributed by atoms with Gasteiger partial charge in [-0.25, -0.2) is 0 Å². The second-order valence-electron chi connectivity index (χ2n) is 3.78. The van der Waals surface area contributed by atoms with Crippen LogP contribution in [0.2, 0.25) is 5.02 Å². The van der Waals surface area contributed by atoms with Gasteiger partial charge in [-0.2, -0.15) is 0 Å². The molecule has 0 fully saturated rings. The lowest BCUT2D eigenvalue weighted by atomic mass is 10.1. The number of aryl methyl sites for hydroxylation is 2. The van der Waals surface area contributed by atoms with Gasteiger partial charge in [-0.1, -0.05) is 29.8 Å². The topological polar surface area (TPSA) is 9.23 Å². The summed E-state index contributed by atoms with van der Waals surface area (Å²) in [4.78, 5) is 0. The second kappa shape index (κ2) is 4.58. The standard InChI is InChI=1S/C14H13ClO/c1-10-4-3-5-11(2)14(10)16-13-8-6-12(15)7-9-13/h3-9H,1-2H3. The van der Waals surface area contributed by atoms with Gasteiger partial charge in [0.05, 0.1) is 0 Å². The van der Waals surface area contributed by atoms with Crippen LogP contribution in [-0.4, -0.2) is 0 Å². The number of rotatable bonds is 2. The molecule has 0 atom stereocenters. The van der Waals surface area contributed by atoms with Gasteiger partial charge in [-0.05, 0) is 49.2 Å². The van der Waals surface area contributed by atoms with Crippen LogP contribution in [0.4, 0.5) is 0 Å². The zero-order valence-electron chi connectivity index (χ0n) is 9.33. The molecular weight excluding hydrogens is 220 g/mol. The molecule has 0 N–H and O–H groups in total. The smallest absolute Gasteiger partial charge is 0.133 e. The molecule has 82 valence electrons. The summed E-state index contributed by atoms with van der Waals surface area (Å²) in [6.07, 6.45) is 0. The van der Waals surface area contributed by atoms with E-state index < -0.39 is 0 Å². The van der Waals surface area contributed by atoms with Gasteiger partial charge >= 0.3 is 0 Å². The third kappa shape index (κ3) is 2.37. The average molecular weight is 233 g/mol. The van der Waals surface area contributed by atoms with Gasteiger partial charge in [-0.15, -0.1) is 0 Å². The van der Waals surface area contributed by atoms with E-state index >= 15 is 0 Å². The monoisotopic (exact) mass is 232 g/mol. The minimum atomic E-state index is 0.717. The lowest BCUT2D eigenvalue weighted by molar-refractivity contribution is 0.475. The van der Waals surface area contributed by atoms with Gasteiger partial charge in [0.2, 0.25) is 0 Å². The quantitative estimate of drug-likeness (QED) is 0.726. The number of ether oxygens (including phenoxy) is 1. The molecular formula is C14H13ClO. The highest BCUT2D eigenvalue weighted by Gasteiger charge is 2.04. The molecule has 0 radical (unpaired) electrons. The number of hydrogen-bond acceptors (Lipinski definition) is 1. The Morgan fingerprint density at radius 3 is 2.00 bits per heavy atom. The molecule has 0 saturated carbocycles. The van der Waals surface area contributed by atoms with Crippen molar-refractivity contribution in [1.82, 2.24) is 0 Å². The van der Waals surface area contributed by atoms with Gasteiger partial charge in [0.1, 0.15) is 11.5 Å². The maximum atomic E-state index is 5.84. The van der Waals surface area contributed by atoms with Crippen LogP contribution < -0.4 is 4.74 Å². The number of benzene rings is 2. The van der Waals surface area contributed by atoms with Gasteiger partial charge in [0.25, 0.3) is 0 Å². The summed E-state index contributed by atoms with van der Waals surface area (Å²) in [5.41, 5.74) is 2.27. The maximum Gasteiger partial charge on any atom is 0.133 e. The molecule has 0 saturated heterocycles. The summed E-state index contributed by atoms with van der Waals surface area (Å²) in [6.45, 7) is 4.08. The highest BCUT2D eigenvalue weighted by molar-refractivity contribution is 6.30. The molecule has 0 aliphatic carbocycles. The third-order valence-corrected chi connectivity index (χ3v) is 2.69. The molecule has 0 heterocycles. The van der Waals surface area contributed by atoms with E-state index in [1.165, 1.54) is 0 Å². The van der Waals surface area contributed by atoms with E-state index in [0.29, 0.717) is 5.02 Å². The van der Waals surface area contributed by atoms with Crippen LogP contribution in [0.15, 0.2) is 42.5 Å². The minimum Gasteiger partial charge on any atom is -0.457 e. The van der Waals surface area contributed by atoms with Crippen LogP contribution in [0.3, 0.4) is 0 Å². The molecule has 0 spiro atoms. The second-order valence-corrected chi connectivity index (χ2v) is 4.21. The SMILES string of the molecule is Cc1cccc(C)c1Oc1ccc(Cl)cc1. The molecule has 0 amide bonds. The molecule has 2 aromatic carbocycles. The lowest BCUT2D eigenvalue weighted by Crippen LogP contribution is -1.90. The minimum absolute atomic E-state index is 0.717. The van der Waals surface area contributed by atoms with Crippen molar-refractivity contribution in [2.24, 2.45) is 0 Å². The summed E-state index contributed by atoms with van der Waals surface area (Å²) in [7, 11) is 0. The Balaban J connectivity index is 2.30. The Bertz CT molecular complexity index is 468. The zero-order valence-corrected chi connectivity index (χ0v) is 10.1. The van der Waals surface area contributed by atoms with E-state index in [1.807, 2.05) is 56.3 Å². The summed E-state index contributed by atoms with van der Waals surface area (Å²) >= 11 is 5.82. The van der Waals surface area contributed by atoms with Crippen molar-refractivity contribution in [3.05, 3.63) is 58.6 Å². The molecule has 2 heteroatoms. The van der Waals surface area contributed by atoms with Crippen LogP contribution in [-0.2, 0) is 0 Å². The molecule has 0 bridgehead atoms. The van der Waals surface area contributed by atoms with Gasteiger partial charge in [-0.3, -0.25) is 0 Å². The van der Waals surface area contributed by atoms with Crippen LogP contribution in [0, 0.1) is 13.8 Å². The maximum absolute atomic E-state index is 5.84. The Labute approximate surface area is 101 Å². The van der Waals surface area contributed by atoms with E-state index in [-0.39, 0.29) is 0 Å². The highest BCUT2D eigenvalue weighted by atomic mass is 35.5. The van der Waals surface area contributed by atoms with E-state index in [1.54, 1.807) is 0 Å². The summed E-state index contributed by atoms with van der Waals surface area (Å²) in [5.74, 6) is 1.73. The first kappa shape index (κ1) is 11.0. The summed E-state index contributed by atoms with van der Waals surface area (Å²) < 4.78 is 5.84. The Hall–Kier alpha value is -1.47. The summed E-state index contributed by atoms with van der Waals surface area (Å²) in [6, 6.07) is 13.5. The van der Waals surface area contributed by atoms with Crippen molar-refractivity contribution < 1.29 is 4.74 Å². The van der Waals surface area contributed by atoms with Crippen molar-refractivity contribution in [3.63, 3.8) is 0 Å². The van der Waals surface area contributed by atoms with Crippen LogP contribution in [0.25, 0.3) is 0 Å². The molecule has 0 aliphatic heterocycles. The first-order chi connectivity index (χ1) is 7.66. The Kier molecular flexibility index (Phi) is 3.16. The predicted octanol–water partition coefficient (Wildman–Crippen LogP) is 4.75. The number of hydrogen-bond donors (Lipinski definition) is 0. The van der Waals surface area contributed by atoms with Crippen molar-refractivity contribution >= 4 is 11.6 Å². The van der Waals surface area contributed by atoms with E-state index in [9.17, 15) is 0 Å². The first-order valence-corrected chi connectivity index (χ1v) is 5.54. The molecule has 0 aliphatic rings. The fourth-order valence-electron chi connectivity index (χ4n) is 1.58. The van der Waals surface area contributed by atoms with Crippen LogP contribution >= 0.6 is 11.6 Å². The van der Waals surface area contributed by atoms with E-state index in [4.69, 9.17) is 16.3 Å². The largest absolute Gasteiger partial charge is 0.457 e. The van der Waals surface area contributed by atoms with Gasteiger partial charge < -0.3 is 4.74 Å². The Morgan fingerprint density at radius 2 is 1.44 bits per heavy atom. The highest BCUT2D eigenvalue weighted by Crippen LogP contribution is 2.28. The molecule has 2 rings (SSSR count). The zero-order chi connectivity index (χ0) is 11.5. The van der Waals surface area contributed by atoms with Crippen LogP contribution in [0.1, 0.15) is 11.1 Å². The summed E-state index contributed by atoms with van der Waals surface area (Å²) in [5, 5.41) is 0.717. The van der Waals surface area contributed by atoms with E-state index in [2.05, 4.69) is 0 Å². The average Bonchev–Trinajstić information content (AvgIpc) is 2.26. The fourth-order valence-corrected chi connectivity index (χ4v) is 1.71. The van der Waals surface area contributed by atoms with Crippen molar-refractivity contribution in [2.45, 2.75) is 13.8 Å². The molecule has 1 nitrogen and oxygen atoms in total. The van der Waals surface area contributed by atoms with Crippen LogP contribution in [0.5, 0.6) is 11.5 Å². The van der Waals surface area contributed by atoms with Crippen molar-refractivity contribution in [3.8, 4) is 11.5 Å². The van der Waals surface area contributed by atoms with E-state index in [0.717, 1.165) is 22.6 Å². The fraction of sp³-hybridized carbons (Fsp3) is 0.143. The van der Waals surface area contributed by atoms with Crippen molar-refractivity contribution in [1.29, 1.82) is 0 Å². The molecule has 16 heavy (non-hydrogen) atoms. The molecule has 0 unspecified atom stereocenters. The predicted molar refractivity (Wildman–Crippen MR) is 67.4 cm³/mol. The number of halogens is 1. The lowest BCUT2D eigenvalue weighted by Gasteiger charge is -2.11. The van der Waals surface area contributed by atoms with Gasteiger partial charge in [0, 0.05) is 5.02 Å². The third-order valence-electron chi connectivity index (χ3n) is 2.44.